The number of aliphatic carboxylic acids is 1. The molecule has 0 spiro atoms. The Morgan fingerprint density at radius 3 is 2.25 bits per heavy atom. The van der Waals surface area contributed by atoms with Crippen LogP contribution < -0.4 is 9.64 Å². The monoisotopic (exact) mass is 604 g/mol. The maximum atomic E-state index is 13.2. The zero-order valence-corrected chi connectivity index (χ0v) is 25.5. The van der Waals surface area contributed by atoms with Crippen LogP contribution >= 0.6 is 0 Å². The van der Waals surface area contributed by atoms with E-state index in [4.69, 9.17) is 9.84 Å². The topological polar surface area (TPSA) is 90.3 Å². The number of carboxylic acids is 2. The third-order valence-electron chi connectivity index (χ3n) is 8.46. The van der Waals surface area contributed by atoms with Crippen LogP contribution in [0.25, 0.3) is 0 Å². The summed E-state index contributed by atoms with van der Waals surface area (Å²) >= 11 is 0. The molecule has 1 heterocycles. The molecule has 44 heavy (non-hydrogen) atoms. The Kier molecular flexibility index (Phi) is 13.0. The molecular weight excluding hydrogens is 559 g/mol. The van der Waals surface area contributed by atoms with Crippen molar-refractivity contribution in [3.63, 3.8) is 0 Å². The highest BCUT2D eigenvalue weighted by Crippen LogP contribution is 2.26. The van der Waals surface area contributed by atoms with E-state index in [1.807, 2.05) is 42.5 Å². The van der Waals surface area contributed by atoms with Crippen molar-refractivity contribution in [2.24, 2.45) is 5.92 Å². The molecule has 1 aliphatic rings. The Morgan fingerprint density at radius 1 is 0.818 bits per heavy atom. The first kappa shape index (κ1) is 33.0. The van der Waals surface area contributed by atoms with E-state index < -0.39 is 11.9 Å². The van der Waals surface area contributed by atoms with Crippen molar-refractivity contribution in [2.45, 2.75) is 57.8 Å². The molecular formula is C36H45FN2O5. The number of carboxylic acid groups (broad SMARTS) is 2. The van der Waals surface area contributed by atoms with E-state index in [2.05, 4.69) is 15.9 Å². The van der Waals surface area contributed by atoms with Crippen molar-refractivity contribution in [2.75, 3.05) is 44.2 Å². The van der Waals surface area contributed by atoms with Crippen LogP contribution in [-0.4, -0.2) is 66.4 Å². The maximum absolute atomic E-state index is 13.2. The second kappa shape index (κ2) is 17.4. The van der Waals surface area contributed by atoms with Gasteiger partial charge in [-0.05, 0) is 105 Å². The third-order valence-corrected chi connectivity index (χ3v) is 8.46. The Labute approximate surface area is 260 Å². The van der Waals surface area contributed by atoms with E-state index in [0.717, 1.165) is 94.7 Å². The number of nitrogens with zero attached hydrogens (tertiary/aromatic N) is 2. The van der Waals surface area contributed by atoms with Gasteiger partial charge in [-0.3, -0.25) is 9.69 Å². The highest BCUT2D eigenvalue weighted by Gasteiger charge is 2.17. The predicted molar refractivity (Wildman–Crippen MR) is 171 cm³/mol. The second-order valence-electron chi connectivity index (χ2n) is 11.7. The summed E-state index contributed by atoms with van der Waals surface area (Å²) in [5.74, 6) is -0.610. The number of halogens is 1. The van der Waals surface area contributed by atoms with Crippen LogP contribution in [0.15, 0.2) is 72.8 Å². The largest absolute Gasteiger partial charge is 0.493 e. The molecule has 0 radical (unpaired) electrons. The van der Waals surface area contributed by atoms with E-state index >= 15 is 0 Å². The SMILES string of the molecule is O=C(O)CCCCC(CCc1ccccc1OCCCCN1CCN(c2ccc(F)cc2)CC1)Cc1ccc(C(=O)O)cc1. The smallest absolute Gasteiger partial charge is 0.335 e. The van der Waals surface area contributed by atoms with Crippen molar-refractivity contribution in [3.8, 4) is 5.75 Å². The van der Waals surface area contributed by atoms with Crippen molar-refractivity contribution < 1.29 is 28.9 Å². The molecule has 1 unspecified atom stereocenters. The Bertz CT molecular complexity index is 1310. The molecule has 7 nitrogen and oxygen atoms in total. The van der Waals surface area contributed by atoms with E-state index in [-0.39, 0.29) is 17.8 Å². The fourth-order valence-electron chi connectivity index (χ4n) is 5.89. The van der Waals surface area contributed by atoms with Gasteiger partial charge in [-0.1, -0.05) is 43.2 Å². The average Bonchev–Trinajstić information content (AvgIpc) is 3.03. The number of ether oxygens (including phenoxy) is 1. The molecule has 8 heteroatoms. The van der Waals surface area contributed by atoms with E-state index in [9.17, 15) is 19.1 Å². The average molecular weight is 605 g/mol. The van der Waals surface area contributed by atoms with Crippen LogP contribution in [0.3, 0.4) is 0 Å². The molecule has 3 aromatic carbocycles. The van der Waals surface area contributed by atoms with Crippen LogP contribution in [-0.2, 0) is 17.6 Å². The number of aromatic carboxylic acids is 1. The van der Waals surface area contributed by atoms with E-state index in [1.165, 1.54) is 17.7 Å². The molecule has 2 N–H and O–H groups in total. The lowest BCUT2D eigenvalue weighted by Crippen LogP contribution is -2.46. The van der Waals surface area contributed by atoms with E-state index in [1.54, 1.807) is 12.1 Å². The number of anilines is 1. The van der Waals surface area contributed by atoms with Gasteiger partial charge in [-0.25, -0.2) is 9.18 Å². The summed E-state index contributed by atoms with van der Waals surface area (Å²) in [4.78, 5) is 27.0. The number of piperazine rings is 1. The summed E-state index contributed by atoms with van der Waals surface area (Å²) < 4.78 is 19.5. The van der Waals surface area contributed by atoms with Crippen LogP contribution in [0.2, 0.25) is 0 Å². The summed E-state index contributed by atoms with van der Waals surface area (Å²) in [5.41, 5.74) is 3.64. The maximum Gasteiger partial charge on any atom is 0.335 e. The fraction of sp³-hybridized carbons (Fsp3) is 0.444. The molecule has 0 saturated carbocycles. The summed E-state index contributed by atoms with van der Waals surface area (Å²) in [6.07, 6.45) is 7.30. The zero-order valence-electron chi connectivity index (χ0n) is 25.5. The number of hydrogen-bond acceptors (Lipinski definition) is 5. The highest BCUT2D eigenvalue weighted by atomic mass is 19.1. The van der Waals surface area contributed by atoms with Crippen molar-refractivity contribution >= 4 is 17.6 Å². The molecule has 236 valence electrons. The summed E-state index contributed by atoms with van der Waals surface area (Å²) in [5, 5.41) is 18.2. The van der Waals surface area contributed by atoms with Gasteiger partial charge in [0.1, 0.15) is 11.6 Å². The Hall–Kier alpha value is -3.91. The molecule has 0 aliphatic carbocycles. The van der Waals surface area contributed by atoms with Gasteiger partial charge in [-0.2, -0.15) is 0 Å². The van der Waals surface area contributed by atoms with Gasteiger partial charge in [-0.15, -0.1) is 0 Å². The first-order valence-corrected chi connectivity index (χ1v) is 15.8. The molecule has 1 saturated heterocycles. The number of unbranched alkanes of at least 4 members (excludes halogenated alkanes) is 2. The summed E-state index contributed by atoms with van der Waals surface area (Å²) in [6, 6.07) is 22.0. The van der Waals surface area contributed by atoms with E-state index in [0.29, 0.717) is 18.9 Å². The number of aryl methyl sites for hydroxylation is 1. The molecule has 0 bridgehead atoms. The number of benzene rings is 3. The Morgan fingerprint density at radius 2 is 1.55 bits per heavy atom. The van der Waals surface area contributed by atoms with Gasteiger partial charge in [0, 0.05) is 38.3 Å². The molecule has 0 aromatic heterocycles. The number of carbonyl (C=O) groups is 2. The molecule has 1 atom stereocenters. The predicted octanol–water partition coefficient (Wildman–Crippen LogP) is 6.94. The lowest BCUT2D eigenvalue weighted by molar-refractivity contribution is -0.137. The minimum atomic E-state index is -0.931. The number of hydrogen-bond donors (Lipinski definition) is 2. The number of rotatable bonds is 18. The Balaban J connectivity index is 1.21. The fourth-order valence-corrected chi connectivity index (χ4v) is 5.89. The van der Waals surface area contributed by atoms with Gasteiger partial charge < -0.3 is 19.8 Å². The molecule has 1 aliphatic heterocycles. The summed E-state index contributed by atoms with van der Waals surface area (Å²) in [7, 11) is 0. The quantitative estimate of drug-likeness (QED) is 0.152. The molecule has 0 amide bonds. The van der Waals surface area contributed by atoms with Gasteiger partial charge in [0.25, 0.3) is 0 Å². The van der Waals surface area contributed by atoms with Gasteiger partial charge in [0.2, 0.25) is 0 Å². The standard InChI is InChI=1S/C36H45FN2O5/c37-32-17-19-33(20-18-32)39-24-22-38(23-25-39)21-5-6-26-44-34-9-3-2-8-30(34)14-11-28(7-1-4-10-35(40)41)27-29-12-15-31(16-13-29)36(42)43/h2-3,8-9,12-13,15-20,28H,1,4-7,10-11,14,21-27H2,(H,40,41)(H,42,43). The first-order valence-electron chi connectivity index (χ1n) is 15.8. The van der Waals surface area contributed by atoms with Crippen LogP contribution in [0.1, 0.15) is 66.4 Å². The minimum absolute atomic E-state index is 0.183. The van der Waals surface area contributed by atoms with Crippen LogP contribution in [0.5, 0.6) is 5.75 Å². The van der Waals surface area contributed by atoms with Crippen molar-refractivity contribution in [1.82, 2.24) is 4.90 Å². The minimum Gasteiger partial charge on any atom is -0.493 e. The summed E-state index contributed by atoms with van der Waals surface area (Å²) in [6.45, 7) is 5.61. The van der Waals surface area contributed by atoms with Crippen LogP contribution in [0.4, 0.5) is 10.1 Å². The van der Waals surface area contributed by atoms with Crippen LogP contribution in [0, 0.1) is 11.7 Å². The first-order chi connectivity index (χ1) is 21.4. The normalized spacial score (nSPS) is 14.3. The molecule has 3 aromatic rings. The lowest BCUT2D eigenvalue weighted by Gasteiger charge is -2.36. The van der Waals surface area contributed by atoms with Gasteiger partial charge in [0.15, 0.2) is 0 Å². The molecule has 4 rings (SSSR count). The van der Waals surface area contributed by atoms with Crippen molar-refractivity contribution in [1.29, 1.82) is 0 Å². The van der Waals surface area contributed by atoms with Gasteiger partial charge in [0.05, 0.1) is 12.2 Å². The second-order valence-corrected chi connectivity index (χ2v) is 11.7. The third kappa shape index (κ3) is 11.0. The highest BCUT2D eigenvalue weighted by molar-refractivity contribution is 5.87. The molecule has 1 fully saturated rings. The zero-order chi connectivity index (χ0) is 31.1. The van der Waals surface area contributed by atoms with Crippen molar-refractivity contribution in [3.05, 3.63) is 95.3 Å². The van der Waals surface area contributed by atoms with Gasteiger partial charge >= 0.3 is 11.9 Å². The lowest BCUT2D eigenvalue weighted by atomic mass is 9.88. The number of para-hydroxylation sites is 1.